The molecule has 1 aromatic rings. The molecule has 0 aliphatic carbocycles. The minimum Gasteiger partial charge on any atom is -0.395 e. The number of aromatic nitrogens is 2. The first-order valence-corrected chi connectivity index (χ1v) is 6.38. The number of hydrogen-bond donors (Lipinski definition) is 4. The predicted octanol–water partition coefficient (Wildman–Crippen LogP) is -2.15. The average molecular weight is 284 g/mol. The van der Waals surface area contributed by atoms with E-state index >= 15 is 0 Å². The molecule has 4 atom stereocenters. The van der Waals surface area contributed by atoms with Crippen LogP contribution in [0.2, 0.25) is 0 Å². The molecule has 1 aliphatic heterocycles. The molecular formula is C11H12N2O5S. The van der Waals surface area contributed by atoms with Crippen LogP contribution in [-0.4, -0.2) is 48.9 Å². The molecule has 0 aromatic carbocycles. The van der Waals surface area contributed by atoms with Crippen molar-refractivity contribution in [3.05, 3.63) is 32.6 Å². The maximum Gasteiger partial charge on any atom is 0.329 e. The van der Waals surface area contributed by atoms with E-state index in [0.29, 0.717) is 0 Å². The summed E-state index contributed by atoms with van der Waals surface area (Å²) in [4.78, 5) is 25.1. The number of aromatic amines is 1. The predicted molar refractivity (Wildman–Crippen MR) is 68.8 cm³/mol. The van der Waals surface area contributed by atoms with Gasteiger partial charge in [-0.2, -0.15) is 0 Å². The lowest BCUT2D eigenvalue weighted by Crippen LogP contribution is -2.38. The number of H-pyrrole nitrogens is 1. The fourth-order valence-corrected chi connectivity index (χ4v) is 3.26. The van der Waals surface area contributed by atoms with Crippen molar-refractivity contribution in [3.63, 3.8) is 0 Å². The third-order valence-electron chi connectivity index (χ3n) is 2.91. The first-order valence-electron chi connectivity index (χ1n) is 5.44. The Morgan fingerprint density at radius 2 is 2.11 bits per heavy atom. The van der Waals surface area contributed by atoms with Gasteiger partial charge in [0.05, 0.1) is 18.0 Å². The van der Waals surface area contributed by atoms with Crippen LogP contribution in [0.15, 0.2) is 15.8 Å². The van der Waals surface area contributed by atoms with Crippen LogP contribution in [0.4, 0.5) is 0 Å². The van der Waals surface area contributed by atoms with Crippen molar-refractivity contribution >= 4 is 11.8 Å². The van der Waals surface area contributed by atoms with Crippen LogP contribution in [0.25, 0.3) is 0 Å². The summed E-state index contributed by atoms with van der Waals surface area (Å²) in [6, 6.07) is 0. The van der Waals surface area contributed by atoms with Crippen molar-refractivity contribution in [3.8, 4) is 12.3 Å². The molecule has 0 bridgehead atoms. The highest BCUT2D eigenvalue weighted by atomic mass is 32.2. The lowest BCUT2D eigenvalue weighted by atomic mass is 10.1. The summed E-state index contributed by atoms with van der Waals surface area (Å²) in [5.74, 6) is 2.13. The Bertz CT molecular complexity index is 631. The normalized spacial score (nSPS) is 30.2. The van der Waals surface area contributed by atoms with Gasteiger partial charge in [-0.05, 0) is 0 Å². The van der Waals surface area contributed by atoms with E-state index in [1.165, 1.54) is 0 Å². The van der Waals surface area contributed by atoms with Gasteiger partial charge in [0.15, 0.2) is 0 Å². The standard InChI is InChI=1S/C11H12N2O5S/c1-2-5-3-13(11(18)12-9(5)17)10-8(16)7(15)6(4-14)19-10/h1,3,6-8,10,14-16H,4H2,(H,12,17,18)/t6-,7-,8+,10-/m1/s1. The summed E-state index contributed by atoms with van der Waals surface area (Å²) in [6.45, 7) is -0.334. The maximum absolute atomic E-state index is 11.7. The second kappa shape index (κ2) is 5.22. The van der Waals surface area contributed by atoms with Gasteiger partial charge in [-0.3, -0.25) is 14.3 Å². The summed E-state index contributed by atoms with van der Waals surface area (Å²) < 4.78 is 1.06. The monoisotopic (exact) mass is 284 g/mol. The molecule has 0 spiro atoms. The van der Waals surface area contributed by atoms with Crippen molar-refractivity contribution in [1.29, 1.82) is 0 Å². The Morgan fingerprint density at radius 1 is 1.42 bits per heavy atom. The fraction of sp³-hybridized carbons (Fsp3) is 0.455. The van der Waals surface area contributed by atoms with Gasteiger partial charge in [0, 0.05) is 6.20 Å². The van der Waals surface area contributed by atoms with Crippen molar-refractivity contribution in [1.82, 2.24) is 9.55 Å². The SMILES string of the molecule is C#Cc1cn([C@@H]2S[C@H](CO)[C@@H](O)[C@@H]2O)c(=O)[nH]c1=O. The van der Waals surface area contributed by atoms with E-state index < -0.39 is 34.1 Å². The van der Waals surface area contributed by atoms with Gasteiger partial charge in [-0.15, -0.1) is 18.2 Å². The first-order chi connectivity index (χ1) is 8.99. The van der Waals surface area contributed by atoms with Crippen LogP contribution >= 0.6 is 11.8 Å². The number of terminal acetylenes is 1. The fourth-order valence-electron chi connectivity index (χ4n) is 1.89. The quantitative estimate of drug-likeness (QED) is 0.460. The lowest BCUT2D eigenvalue weighted by Gasteiger charge is -2.17. The van der Waals surface area contributed by atoms with E-state index in [4.69, 9.17) is 11.5 Å². The largest absolute Gasteiger partial charge is 0.395 e. The summed E-state index contributed by atoms with van der Waals surface area (Å²) in [5.41, 5.74) is -1.46. The molecule has 102 valence electrons. The molecule has 2 heterocycles. The Kier molecular flexibility index (Phi) is 3.82. The number of hydrogen-bond acceptors (Lipinski definition) is 6. The topological polar surface area (TPSA) is 116 Å². The zero-order valence-electron chi connectivity index (χ0n) is 9.68. The van der Waals surface area contributed by atoms with Gasteiger partial charge in [0.1, 0.15) is 17.0 Å². The molecule has 4 N–H and O–H groups in total. The lowest BCUT2D eigenvalue weighted by molar-refractivity contribution is 0.0101. The molecule has 7 nitrogen and oxygen atoms in total. The molecule has 0 saturated carbocycles. The zero-order chi connectivity index (χ0) is 14.2. The number of aliphatic hydroxyl groups excluding tert-OH is 3. The molecule has 0 unspecified atom stereocenters. The van der Waals surface area contributed by atoms with Crippen molar-refractivity contribution in [2.75, 3.05) is 6.61 Å². The minimum atomic E-state index is -1.24. The highest BCUT2D eigenvalue weighted by molar-refractivity contribution is 8.00. The Labute approximate surface area is 111 Å². The van der Waals surface area contributed by atoms with Crippen molar-refractivity contribution in [2.45, 2.75) is 22.8 Å². The summed E-state index contributed by atoms with van der Waals surface area (Å²) in [6.07, 6.45) is 3.90. The molecule has 1 fully saturated rings. The smallest absolute Gasteiger partial charge is 0.329 e. The highest BCUT2D eigenvalue weighted by Crippen LogP contribution is 2.40. The second-order valence-electron chi connectivity index (χ2n) is 4.08. The summed E-state index contributed by atoms with van der Waals surface area (Å²) >= 11 is 1.04. The second-order valence-corrected chi connectivity index (χ2v) is 5.44. The molecule has 0 radical (unpaired) electrons. The van der Waals surface area contributed by atoms with Gasteiger partial charge >= 0.3 is 5.69 Å². The number of nitrogens with zero attached hydrogens (tertiary/aromatic N) is 1. The third kappa shape index (κ3) is 2.33. The Balaban J connectivity index is 2.46. The minimum absolute atomic E-state index is 0.0469. The molecule has 2 rings (SSSR count). The van der Waals surface area contributed by atoms with Crippen LogP contribution in [-0.2, 0) is 0 Å². The van der Waals surface area contributed by atoms with Gasteiger partial charge < -0.3 is 15.3 Å². The zero-order valence-corrected chi connectivity index (χ0v) is 10.5. The van der Waals surface area contributed by atoms with Crippen molar-refractivity contribution in [2.24, 2.45) is 0 Å². The molecular weight excluding hydrogens is 272 g/mol. The van der Waals surface area contributed by atoms with E-state index in [2.05, 4.69) is 5.92 Å². The number of nitrogens with one attached hydrogen (secondary N) is 1. The Hall–Kier alpha value is -1.53. The number of aliphatic hydroxyl groups is 3. The third-order valence-corrected chi connectivity index (χ3v) is 4.48. The van der Waals surface area contributed by atoms with Crippen LogP contribution < -0.4 is 11.2 Å². The van der Waals surface area contributed by atoms with E-state index in [9.17, 15) is 19.8 Å². The van der Waals surface area contributed by atoms with E-state index in [1.54, 1.807) is 0 Å². The molecule has 0 amide bonds. The number of thioether (sulfide) groups is 1. The van der Waals surface area contributed by atoms with Gasteiger partial charge in [-0.25, -0.2) is 4.79 Å². The summed E-state index contributed by atoms with van der Waals surface area (Å²) in [7, 11) is 0. The van der Waals surface area contributed by atoms with Crippen LogP contribution in [0.5, 0.6) is 0 Å². The van der Waals surface area contributed by atoms with Gasteiger partial charge in [-0.1, -0.05) is 5.92 Å². The summed E-state index contributed by atoms with van der Waals surface area (Å²) in [5, 5.41) is 27.2. The molecule has 1 aliphatic rings. The van der Waals surface area contributed by atoms with Crippen LogP contribution in [0.3, 0.4) is 0 Å². The van der Waals surface area contributed by atoms with E-state index in [1.807, 2.05) is 4.98 Å². The highest BCUT2D eigenvalue weighted by Gasteiger charge is 2.43. The maximum atomic E-state index is 11.7. The van der Waals surface area contributed by atoms with Gasteiger partial charge in [0.2, 0.25) is 0 Å². The van der Waals surface area contributed by atoms with Crippen LogP contribution in [0.1, 0.15) is 10.9 Å². The van der Waals surface area contributed by atoms with Crippen molar-refractivity contribution < 1.29 is 15.3 Å². The molecule has 19 heavy (non-hydrogen) atoms. The molecule has 1 saturated heterocycles. The first kappa shape index (κ1) is 13.9. The van der Waals surface area contributed by atoms with E-state index in [-0.39, 0.29) is 12.2 Å². The van der Waals surface area contributed by atoms with E-state index in [0.717, 1.165) is 22.5 Å². The molecule has 8 heteroatoms. The van der Waals surface area contributed by atoms with Crippen LogP contribution in [0, 0.1) is 12.3 Å². The Morgan fingerprint density at radius 3 is 2.63 bits per heavy atom. The number of rotatable bonds is 2. The molecule has 1 aromatic heterocycles. The average Bonchev–Trinajstić information content (AvgIpc) is 2.67. The van der Waals surface area contributed by atoms with Gasteiger partial charge in [0.25, 0.3) is 5.56 Å².